The summed E-state index contributed by atoms with van der Waals surface area (Å²) in [5.41, 5.74) is 0.485. The summed E-state index contributed by atoms with van der Waals surface area (Å²) in [5.74, 6) is -1.43. The Kier molecular flexibility index (Phi) is 4.84. The van der Waals surface area contributed by atoms with Crippen molar-refractivity contribution >= 4 is 27.7 Å². The van der Waals surface area contributed by atoms with Gasteiger partial charge in [0, 0.05) is 12.2 Å². The molecule has 104 valence electrons. The predicted octanol–water partition coefficient (Wildman–Crippen LogP) is -0.205. The van der Waals surface area contributed by atoms with Crippen LogP contribution in [-0.2, 0) is 10.0 Å². The van der Waals surface area contributed by atoms with Crippen LogP contribution in [0, 0.1) is 0 Å². The fourth-order valence-corrected chi connectivity index (χ4v) is 1.56. The summed E-state index contributed by atoms with van der Waals surface area (Å²) in [7, 11) is -3.62. The molecule has 0 aliphatic rings. The summed E-state index contributed by atoms with van der Waals surface area (Å²) < 4.78 is 21.2. The number of rotatable bonds is 5. The average molecular weight is 287 g/mol. The van der Waals surface area contributed by atoms with Gasteiger partial charge >= 0.3 is 12.0 Å². The van der Waals surface area contributed by atoms with E-state index in [1.165, 1.54) is 24.3 Å². The highest BCUT2D eigenvalue weighted by atomic mass is 32.2. The molecule has 2 amide bonds. The summed E-state index contributed by atoms with van der Waals surface area (Å²) in [4.78, 5) is 21.9. The number of hydrogen-bond acceptors (Lipinski definition) is 4. The zero-order valence-electron chi connectivity index (χ0n) is 9.79. The molecule has 0 spiro atoms. The molecule has 8 nitrogen and oxygen atoms in total. The van der Waals surface area contributed by atoms with E-state index in [1.807, 2.05) is 0 Å². The molecule has 1 aromatic rings. The van der Waals surface area contributed by atoms with Crippen molar-refractivity contribution in [1.29, 1.82) is 0 Å². The van der Waals surface area contributed by atoms with Crippen molar-refractivity contribution in [1.82, 2.24) is 5.32 Å². The predicted molar refractivity (Wildman–Crippen MR) is 68.4 cm³/mol. The molecule has 0 atom stereocenters. The quantitative estimate of drug-likeness (QED) is 0.593. The molecular formula is C10H13N3O5S. The molecule has 0 aliphatic carbocycles. The van der Waals surface area contributed by atoms with E-state index in [0.717, 1.165) is 0 Å². The zero-order valence-corrected chi connectivity index (χ0v) is 10.6. The number of benzene rings is 1. The molecule has 0 heterocycles. The van der Waals surface area contributed by atoms with Gasteiger partial charge in [0.2, 0.25) is 10.0 Å². The lowest BCUT2D eigenvalue weighted by Crippen LogP contribution is -2.34. The monoisotopic (exact) mass is 287 g/mol. The van der Waals surface area contributed by atoms with Crippen LogP contribution in [0.4, 0.5) is 10.5 Å². The standard InChI is InChI=1S/C10H13N3O5S/c11-19(17,18)6-5-12-10(16)13-8-3-1-7(2-4-8)9(14)15/h1-4H,5-6H2,(H,14,15)(H2,11,17,18)(H2,12,13,16). The van der Waals surface area contributed by atoms with Crippen molar-refractivity contribution < 1.29 is 23.1 Å². The Hall–Kier alpha value is -2.13. The maximum Gasteiger partial charge on any atom is 0.335 e. The first kappa shape index (κ1) is 14.9. The van der Waals surface area contributed by atoms with E-state index in [0.29, 0.717) is 5.69 Å². The van der Waals surface area contributed by atoms with E-state index in [-0.39, 0.29) is 17.9 Å². The number of carbonyl (C=O) groups excluding carboxylic acids is 1. The Morgan fingerprint density at radius 2 is 1.79 bits per heavy atom. The van der Waals surface area contributed by atoms with Crippen molar-refractivity contribution in [2.24, 2.45) is 5.14 Å². The van der Waals surface area contributed by atoms with Crippen LogP contribution in [0.15, 0.2) is 24.3 Å². The highest BCUT2D eigenvalue weighted by Crippen LogP contribution is 2.09. The number of aromatic carboxylic acids is 1. The van der Waals surface area contributed by atoms with Gasteiger partial charge in [0.1, 0.15) is 0 Å². The lowest BCUT2D eigenvalue weighted by atomic mass is 10.2. The first-order valence-electron chi connectivity index (χ1n) is 5.16. The third-order valence-corrected chi connectivity index (χ3v) is 2.84. The fourth-order valence-electron chi connectivity index (χ4n) is 1.18. The van der Waals surface area contributed by atoms with Crippen molar-refractivity contribution in [3.8, 4) is 0 Å². The van der Waals surface area contributed by atoms with E-state index in [4.69, 9.17) is 10.2 Å². The molecule has 0 saturated carbocycles. The minimum Gasteiger partial charge on any atom is -0.478 e. The first-order chi connectivity index (χ1) is 8.78. The van der Waals surface area contributed by atoms with Crippen LogP contribution in [0.1, 0.15) is 10.4 Å². The van der Waals surface area contributed by atoms with Gasteiger partial charge in [0.05, 0.1) is 11.3 Å². The maximum atomic E-state index is 11.3. The Morgan fingerprint density at radius 3 is 2.26 bits per heavy atom. The summed E-state index contributed by atoms with van der Waals surface area (Å²) in [6, 6.07) is 4.91. The van der Waals surface area contributed by atoms with Gasteiger partial charge < -0.3 is 15.7 Å². The van der Waals surface area contributed by atoms with Crippen LogP contribution >= 0.6 is 0 Å². The van der Waals surface area contributed by atoms with Crippen LogP contribution < -0.4 is 15.8 Å². The van der Waals surface area contributed by atoms with E-state index in [1.54, 1.807) is 0 Å². The number of primary sulfonamides is 1. The van der Waals surface area contributed by atoms with Gasteiger partial charge in [-0.1, -0.05) is 0 Å². The van der Waals surface area contributed by atoms with Crippen LogP contribution in [0.2, 0.25) is 0 Å². The van der Waals surface area contributed by atoms with Gasteiger partial charge in [-0.3, -0.25) is 0 Å². The number of anilines is 1. The minimum absolute atomic E-state index is 0.0974. The average Bonchev–Trinajstić information content (AvgIpc) is 2.27. The lowest BCUT2D eigenvalue weighted by molar-refractivity contribution is 0.0697. The van der Waals surface area contributed by atoms with Crippen molar-refractivity contribution in [3.63, 3.8) is 0 Å². The molecule has 9 heteroatoms. The SMILES string of the molecule is NS(=O)(=O)CCNC(=O)Nc1ccc(C(=O)O)cc1. The second kappa shape index (κ2) is 6.16. The van der Waals surface area contributed by atoms with Crippen molar-refractivity contribution in [2.75, 3.05) is 17.6 Å². The van der Waals surface area contributed by atoms with Gasteiger partial charge in [-0.15, -0.1) is 0 Å². The molecule has 1 rings (SSSR count). The van der Waals surface area contributed by atoms with E-state index >= 15 is 0 Å². The topological polar surface area (TPSA) is 139 Å². The number of nitrogens with two attached hydrogens (primary N) is 1. The Balaban J connectivity index is 2.46. The second-order valence-corrected chi connectivity index (χ2v) is 5.36. The summed E-state index contributed by atoms with van der Waals surface area (Å²) in [5, 5.41) is 18.2. The van der Waals surface area contributed by atoms with Crippen LogP contribution in [-0.4, -0.2) is 37.8 Å². The number of nitrogens with one attached hydrogen (secondary N) is 2. The van der Waals surface area contributed by atoms with Crippen LogP contribution in [0.3, 0.4) is 0 Å². The molecule has 0 saturated heterocycles. The third-order valence-electron chi connectivity index (χ3n) is 2.06. The zero-order chi connectivity index (χ0) is 14.5. The molecule has 0 bridgehead atoms. The summed E-state index contributed by atoms with van der Waals surface area (Å²) in [6.07, 6.45) is 0. The first-order valence-corrected chi connectivity index (χ1v) is 6.88. The van der Waals surface area contributed by atoms with Crippen molar-refractivity contribution in [3.05, 3.63) is 29.8 Å². The summed E-state index contributed by atoms with van der Waals surface area (Å²) in [6.45, 7) is -0.113. The number of carboxylic acid groups (broad SMARTS) is 1. The molecule has 0 radical (unpaired) electrons. The lowest BCUT2D eigenvalue weighted by Gasteiger charge is -2.07. The number of carboxylic acids is 1. The molecule has 0 aromatic heterocycles. The molecule has 0 unspecified atom stereocenters. The second-order valence-electron chi connectivity index (χ2n) is 3.63. The van der Waals surface area contributed by atoms with Crippen LogP contribution in [0.25, 0.3) is 0 Å². The van der Waals surface area contributed by atoms with E-state index in [2.05, 4.69) is 10.6 Å². The number of urea groups is 1. The van der Waals surface area contributed by atoms with Gasteiger partial charge in [0.25, 0.3) is 0 Å². The third kappa shape index (κ3) is 5.84. The molecule has 1 aromatic carbocycles. The van der Waals surface area contributed by atoms with Gasteiger partial charge in [-0.2, -0.15) is 0 Å². The van der Waals surface area contributed by atoms with Crippen LogP contribution in [0.5, 0.6) is 0 Å². The largest absolute Gasteiger partial charge is 0.478 e. The fraction of sp³-hybridized carbons (Fsp3) is 0.200. The number of carbonyl (C=O) groups is 2. The summed E-state index contributed by atoms with van der Waals surface area (Å²) >= 11 is 0. The Bertz CT molecular complexity index is 567. The van der Waals surface area contributed by atoms with E-state index < -0.39 is 22.0 Å². The molecule has 0 fully saturated rings. The minimum atomic E-state index is -3.62. The smallest absolute Gasteiger partial charge is 0.335 e. The highest BCUT2D eigenvalue weighted by molar-refractivity contribution is 7.89. The van der Waals surface area contributed by atoms with Gasteiger partial charge in [-0.05, 0) is 24.3 Å². The Morgan fingerprint density at radius 1 is 1.21 bits per heavy atom. The number of sulfonamides is 1. The molecule has 0 aliphatic heterocycles. The highest BCUT2D eigenvalue weighted by Gasteiger charge is 2.06. The number of amides is 2. The van der Waals surface area contributed by atoms with Gasteiger partial charge in [0.15, 0.2) is 0 Å². The maximum absolute atomic E-state index is 11.3. The molecule has 19 heavy (non-hydrogen) atoms. The normalized spacial score (nSPS) is 10.8. The molecular weight excluding hydrogens is 274 g/mol. The molecule has 5 N–H and O–H groups in total. The van der Waals surface area contributed by atoms with Crippen molar-refractivity contribution in [2.45, 2.75) is 0 Å². The number of hydrogen-bond donors (Lipinski definition) is 4. The Labute approximate surface area is 109 Å². The van der Waals surface area contributed by atoms with E-state index in [9.17, 15) is 18.0 Å². The van der Waals surface area contributed by atoms with Gasteiger partial charge in [-0.25, -0.2) is 23.1 Å².